The summed E-state index contributed by atoms with van der Waals surface area (Å²) in [5, 5.41) is 0.887. The molecule has 0 aliphatic rings. The minimum atomic E-state index is 0.0672. The van der Waals surface area contributed by atoms with Crippen LogP contribution in [0, 0.1) is 6.92 Å². The van der Waals surface area contributed by atoms with Crippen LogP contribution in [0.15, 0.2) is 21.1 Å². The number of halogens is 1. The Morgan fingerprint density at radius 1 is 1.31 bits per heavy atom. The van der Waals surface area contributed by atoms with Crippen molar-refractivity contribution in [1.29, 1.82) is 0 Å². The minimum absolute atomic E-state index is 0.0672. The van der Waals surface area contributed by atoms with Gasteiger partial charge in [0.2, 0.25) is 10.4 Å². The van der Waals surface area contributed by atoms with Gasteiger partial charge < -0.3 is 9.15 Å². The average Bonchev–Trinajstić information content (AvgIpc) is 2.63. The lowest BCUT2D eigenvalue weighted by molar-refractivity contribution is 0.372. The van der Waals surface area contributed by atoms with E-state index in [4.69, 9.17) is 20.8 Å². The summed E-state index contributed by atoms with van der Waals surface area (Å²) in [6.45, 7) is 1.83. The molecule has 2 heterocycles. The van der Waals surface area contributed by atoms with Gasteiger partial charge in [0.25, 0.3) is 5.22 Å². The van der Waals surface area contributed by atoms with Crippen LogP contribution < -0.4 is 4.74 Å². The summed E-state index contributed by atoms with van der Waals surface area (Å²) >= 11 is 6.84. The van der Waals surface area contributed by atoms with Crippen molar-refractivity contribution in [2.24, 2.45) is 0 Å². The first-order valence-corrected chi connectivity index (χ1v) is 5.42. The summed E-state index contributed by atoms with van der Waals surface area (Å²) in [4.78, 5) is 15.8. The van der Waals surface area contributed by atoms with Gasteiger partial charge in [-0.25, -0.2) is 4.98 Å². The van der Waals surface area contributed by atoms with Crippen molar-refractivity contribution in [3.8, 4) is 6.01 Å². The van der Waals surface area contributed by atoms with Crippen LogP contribution in [-0.4, -0.2) is 27.0 Å². The highest BCUT2D eigenvalue weighted by Crippen LogP contribution is 2.25. The van der Waals surface area contributed by atoms with Crippen molar-refractivity contribution in [2.75, 3.05) is 7.11 Å². The van der Waals surface area contributed by atoms with Crippen LogP contribution >= 0.6 is 23.4 Å². The van der Waals surface area contributed by atoms with E-state index in [0.29, 0.717) is 10.4 Å². The minimum Gasteiger partial charge on any atom is -0.467 e. The average molecular weight is 259 g/mol. The van der Waals surface area contributed by atoms with Crippen LogP contribution in [0.1, 0.15) is 5.69 Å². The molecule has 2 aromatic rings. The van der Waals surface area contributed by atoms with Gasteiger partial charge in [0, 0.05) is 11.8 Å². The van der Waals surface area contributed by atoms with Gasteiger partial charge in [-0.1, -0.05) is 0 Å². The molecule has 0 aliphatic carbocycles. The van der Waals surface area contributed by atoms with Gasteiger partial charge in [-0.3, -0.25) is 0 Å². The number of rotatable bonds is 3. The normalized spacial score (nSPS) is 10.4. The Morgan fingerprint density at radius 3 is 2.75 bits per heavy atom. The molecule has 0 radical (unpaired) electrons. The molecule has 0 bridgehead atoms. The number of aryl methyl sites for hydroxylation is 1. The lowest BCUT2D eigenvalue weighted by Crippen LogP contribution is -1.96. The first-order chi connectivity index (χ1) is 7.67. The number of hydrogen-bond donors (Lipinski definition) is 0. The third kappa shape index (κ3) is 2.61. The summed E-state index contributed by atoms with van der Waals surface area (Å²) in [6, 6.07) is 0.158. The topological polar surface area (TPSA) is 73.9 Å². The summed E-state index contributed by atoms with van der Waals surface area (Å²) in [5.41, 5.74) is 0.787. The van der Waals surface area contributed by atoms with Gasteiger partial charge in [0.05, 0.1) is 12.8 Å². The Morgan fingerprint density at radius 2 is 2.12 bits per heavy atom. The molecule has 0 saturated heterocycles. The molecule has 2 aromatic heterocycles. The molecule has 0 fully saturated rings. The fourth-order valence-corrected chi connectivity index (χ4v) is 1.81. The third-order valence-electron chi connectivity index (χ3n) is 1.53. The molecular weight excluding hydrogens is 252 g/mol. The maximum Gasteiger partial charge on any atom is 0.321 e. The molecule has 8 heteroatoms. The zero-order valence-electron chi connectivity index (χ0n) is 8.47. The maximum absolute atomic E-state index is 5.69. The number of oxazole rings is 1. The van der Waals surface area contributed by atoms with Crippen molar-refractivity contribution in [3.05, 3.63) is 17.2 Å². The standard InChI is InChI=1S/C8H7ClN4O2S/c1-4-3-15-8(10-4)16-7-12-5(9)11-6(13-7)14-2/h3H,1-2H3. The highest BCUT2D eigenvalue weighted by molar-refractivity contribution is 7.98. The van der Waals surface area contributed by atoms with E-state index in [2.05, 4.69) is 19.9 Å². The van der Waals surface area contributed by atoms with Gasteiger partial charge in [-0.05, 0) is 18.5 Å². The zero-order valence-corrected chi connectivity index (χ0v) is 10.0. The molecule has 0 saturated carbocycles. The summed E-state index contributed by atoms with van der Waals surface area (Å²) in [5.74, 6) is 0. The number of methoxy groups -OCH3 is 1. The molecule has 0 spiro atoms. The Hall–Kier alpha value is -1.34. The van der Waals surface area contributed by atoms with E-state index in [1.165, 1.54) is 7.11 Å². The van der Waals surface area contributed by atoms with Gasteiger partial charge in [-0.15, -0.1) is 0 Å². The van der Waals surface area contributed by atoms with E-state index in [1.54, 1.807) is 6.26 Å². The Bertz CT molecular complexity index is 505. The molecular formula is C8H7ClN4O2S. The molecule has 16 heavy (non-hydrogen) atoms. The SMILES string of the molecule is COc1nc(Cl)nc(Sc2nc(C)co2)n1. The molecule has 0 aromatic carbocycles. The van der Waals surface area contributed by atoms with Gasteiger partial charge in [0.1, 0.15) is 6.26 Å². The second kappa shape index (κ2) is 4.67. The van der Waals surface area contributed by atoms with Crippen LogP contribution in [0.3, 0.4) is 0 Å². The van der Waals surface area contributed by atoms with Crippen molar-refractivity contribution in [2.45, 2.75) is 17.3 Å². The second-order valence-corrected chi connectivity index (χ2v) is 3.99. The lowest BCUT2D eigenvalue weighted by atomic mass is 10.6. The van der Waals surface area contributed by atoms with Crippen LogP contribution in [-0.2, 0) is 0 Å². The van der Waals surface area contributed by atoms with E-state index >= 15 is 0 Å². The highest BCUT2D eigenvalue weighted by atomic mass is 35.5. The van der Waals surface area contributed by atoms with Crippen LogP contribution in [0.5, 0.6) is 6.01 Å². The van der Waals surface area contributed by atoms with Crippen LogP contribution in [0.2, 0.25) is 5.28 Å². The van der Waals surface area contributed by atoms with Crippen LogP contribution in [0.25, 0.3) is 0 Å². The second-order valence-electron chi connectivity index (χ2n) is 2.73. The van der Waals surface area contributed by atoms with Crippen molar-refractivity contribution in [1.82, 2.24) is 19.9 Å². The van der Waals surface area contributed by atoms with E-state index < -0.39 is 0 Å². The smallest absolute Gasteiger partial charge is 0.321 e. The zero-order chi connectivity index (χ0) is 11.5. The van der Waals surface area contributed by atoms with E-state index in [1.807, 2.05) is 6.92 Å². The molecule has 0 aliphatic heterocycles. The molecule has 84 valence electrons. The molecule has 0 unspecified atom stereocenters. The van der Waals surface area contributed by atoms with Crippen molar-refractivity contribution in [3.63, 3.8) is 0 Å². The number of aromatic nitrogens is 4. The lowest BCUT2D eigenvalue weighted by Gasteiger charge is -1.99. The first kappa shape index (κ1) is 11.2. The number of hydrogen-bond acceptors (Lipinski definition) is 7. The summed E-state index contributed by atoms with van der Waals surface area (Å²) in [6.07, 6.45) is 1.54. The van der Waals surface area contributed by atoms with E-state index in [0.717, 1.165) is 17.5 Å². The van der Waals surface area contributed by atoms with Gasteiger partial charge >= 0.3 is 6.01 Å². The van der Waals surface area contributed by atoms with E-state index in [-0.39, 0.29) is 11.3 Å². The summed E-state index contributed by atoms with van der Waals surface area (Å²) < 4.78 is 10.0. The largest absolute Gasteiger partial charge is 0.467 e. The molecule has 0 amide bonds. The number of nitrogens with zero attached hydrogens (tertiary/aromatic N) is 4. The van der Waals surface area contributed by atoms with Gasteiger partial charge in [0.15, 0.2) is 0 Å². The molecule has 2 rings (SSSR count). The monoisotopic (exact) mass is 258 g/mol. The van der Waals surface area contributed by atoms with Gasteiger partial charge in [-0.2, -0.15) is 15.0 Å². The number of ether oxygens (including phenoxy) is 1. The third-order valence-corrected chi connectivity index (χ3v) is 2.42. The Labute approximate surface area is 100 Å². The van der Waals surface area contributed by atoms with E-state index in [9.17, 15) is 0 Å². The van der Waals surface area contributed by atoms with Crippen LogP contribution in [0.4, 0.5) is 0 Å². The van der Waals surface area contributed by atoms with Crippen molar-refractivity contribution < 1.29 is 9.15 Å². The quantitative estimate of drug-likeness (QED) is 0.833. The van der Waals surface area contributed by atoms with Crippen molar-refractivity contribution >= 4 is 23.4 Å². The predicted octanol–water partition coefficient (Wildman–Crippen LogP) is 1.98. The maximum atomic E-state index is 5.69. The Balaban J connectivity index is 2.24. The molecule has 0 N–H and O–H groups in total. The molecule has 6 nitrogen and oxygen atoms in total. The molecule has 0 atom stereocenters. The summed E-state index contributed by atoms with van der Waals surface area (Å²) in [7, 11) is 1.45. The predicted molar refractivity (Wildman–Crippen MR) is 56.8 cm³/mol. The first-order valence-electron chi connectivity index (χ1n) is 4.23. The highest BCUT2D eigenvalue weighted by Gasteiger charge is 2.10. The fraction of sp³-hybridized carbons (Fsp3) is 0.250. The fourth-order valence-electron chi connectivity index (χ4n) is 0.909. The Kier molecular flexibility index (Phi) is 3.25.